The van der Waals surface area contributed by atoms with Crippen molar-refractivity contribution in [2.45, 2.75) is 18.4 Å². The van der Waals surface area contributed by atoms with Crippen molar-refractivity contribution in [2.75, 3.05) is 5.75 Å². The van der Waals surface area contributed by atoms with E-state index in [0.29, 0.717) is 5.56 Å². The number of sulfone groups is 1. The van der Waals surface area contributed by atoms with Crippen LogP contribution in [0.3, 0.4) is 0 Å². The predicted octanol–water partition coefficient (Wildman–Crippen LogP) is 2.80. The molecular weight excluding hydrogens is 402 g/mol. The van der Waals surface area contributed by atoms with E-state index < -0.39 is 20.7 Å². The van der Waals surface area contributed by atoms with Crippen LogP contribution in [0.4, 0.5) is 5.69 Å². The Morgan fingerprint density at radius 3 is 2.48 bits per heavy atom. The third kappa shape index (κ3) is 4.46. The first-order valence-electron chi connectivity index (χ1n) is 8.38. The van der Waals surface area contributed by atoms with Gasteiger partial charge < -0.3 is 9.15 Å². The molecule has 11 heteroatoms. The number of benzene rings is 2. The summed E-state index contributed by atoms with van der Waals surface area (Å²) in [7, 11) is -3.60. The molecule has 0 aliphatic rings. The largest absolute Gasteiger partial charge is 0.452 e. The number of hydrogen-bond donors (Lipinski definition) is 0. The molecular formula is C18H15N3O7S. The number of non-ortho nitro benzene ring substituents is 1. The lowest BCUT2D eigenvalue weighted by molar-refractivity contribution is -0.384. The monoisotopic (exact) mass is 417 g/mol. The summed E-state index contributed by atoms with van der Waals surface area (Å²) < 4.78 is 34.8. The number of nitrogens with zero attached hydrogens (tertiary/aromatic N) is 3. The standard InChI is InChI=1S/C18H15N3O7S/c1-2-29(25,26)15-6-4-3-5-14(15)18(22)27-11-16-19-20-17(28-16)12-7-9-13(10-8-12)21(23)24/h3-10H,2,11H2,1H3. The van der Waals surface area contributed by atoms with Crippen molar-refractivity contribution in [1.29, 1.82) is 0 Å². The molecule has 0 radical (unpaired) electrons. The summed E-state index contributed by atoms with van der Waals surface area (Å²) in [5.41, 5.74) is 0.299. The highest BCUT2D eigenvalue weighted by molar-refractivity contribution is 7.91. The molecule has 1 heterocycles. The Kier molecular flexibility index (Phi) is 5.69. The van der Waals surface area contributed by atoms with Crippen LogP contribution < -0.4 is 0 Å². The minimum Gasteiger partial charge on any atom is -0.452 e. The van der Waals surface area contributed by atoms with E-state index in [9.17, 15) is 23.3 Å². The van der Waals surface area contributed by atoms with Crippen LogP contribution in [-0.2, 0) is 21.2 Å². The van der Waals surface area contributed by atoms with Crippen LogP contribution in [0.25, 0.3) is 11.5 Å². The minimum absolute atomic E-state index is 0.0115. The number of esters is 1. The Labute approximate surface area is 165 Å². The Morgan fingerprint density at radius 1 is 1.14 bits per heavy atom. The smallest absolute Gasteiger partial charge is 0.339 e. The molecule has 150 valence electrons. The van der Waals surface area contributed by atoms with Gasteiger partial charge in [0.1, 0.15) is 0 Å². The van der Waals surface area contributed by atoms with Gasteiger partial charge in [-0.3, -0.25) is 10.1 Å². The van der Waals surface area contributed by atoms with Gasteiger partial charge in [-0.25, -0.2) is 13.2 Å². The summed E-state index contributed by atoms with van der Waals surface area (Å²) in [5.74, 6) is -0.908. The topological polar surface area (TPSA) is 142 Å². The molecule has 3 rings (SSSR count). The number of nitro groups is 1. The summed E-state index contributed by atoms with van der Waals surface area (Å²) in [4.78, 5) is 22.4. The summed E-state index contributed by atoms with van der Waals surface area (Å²) in [5, 5.41) is 18.3. The first kappa shape index (κ1) is 20.1. The molecule has 0 spiro atoms. The zero-order valence-corrected chi connectivity index (χ0v) is 16.0. The molecule has 0 atom stereocenters. The quantitative estimate of drug-likeness (QED) is 0.322. The van der Waals surface area contributed by atoms with E-state index in [-0.39, 0.29) is 40.3 Å². The summed E-state index contributed by atoms with van der Waals surface area (Å²) >= 11 is 0. The average molecular weight is 417 g/mol. The van der Waals surface area contributed by atoms with Crippen molar-refractivity contribution in [1.82, 2.24) is 10.2 Å². The molecule has 2 aromatic carbocycles. The van der Waals surface area contributed by atoms with Crippen LogP contribution >= 0.6 is 0 Å². The van der Waals surface area contributed by atoms with Crippen LogP contribution in [-0.4, -0.2) is 35.3 Å². The fourth-order valence-corrected chi connectivity index (χ4v) is 3.50. The molecule has 10 nitrogen and oxygen atoms in total. The zero-order valence-electron chi connectivity index (χ0n) is 15.1. The maximum absolute atomic E-state index is 12.3. The first-order chi connectivity index (χ1) is 13.8. The second kappa shape index (κ2) is 8.19. The maximum Gasteiger partial charge on any atom is 0.339 e. The second-order valence-corrected chi connectivity index (χ2v) is 8.03. The van der Waals surface area contributed by atoms with Gasteiger partial charge in [-0.15, -0.1) is 10.2 Å². The highest BCUT2D eigenvalue weighted by Crippen LogP contribution is 2.22. The van der Waals surface area contributed by atoms with E-state index in [1.165, 1.54) is 55.5 Å². The van der Waals surface area contributed by atoms with Gasteiger partial charge in [0.2, 0.25) is 5.89 Å². The zero-order chi connectivity index (χ0) is 21.0. The Morgan fingerprint density at radius 2 is 1.83 bits per heavy atom. The third-order valence-electron chi connectivity index (χ3n) is 3.94. The van der Waals surface area contributed by atoms with Crippen molar-refractivity contribution in [3.8, 4) is 11.5 Å². The van der Waals surface area contributed by atoms with Crippen molar-refractivity contribution < 1.29 is 27.3 Å². The van der Waals surface area contributed by atoms with Crippen molar-refractivity contribution in [2.24, 2.45) is 0 Å². The lowest BCUT2D eigenvalue weighted by Gasteiger charge is -2.08. The van der Waals surface area contributed by atoms with E-state index >= 15 is 0 Å². The lowest BCUT2D eigenvalue weighted by atomic mass is 10.2. The maximum atomic E-state index is 12.3. The van der Waals surface area contributed by atoms with Crippen molar-refractivity contribution in [3.05, 3.63) is 70.1 Å². The third-order valence-corrected chi connectivity index (χ3v) is 5.73. The highest BCUT2D eigenvalue weighted by Gasteiger charge is 2.22. The highest BCUT2D eigenvalue weighted by atomic mass is 32.2. The molecule has 3 aromatic rings. The van der Waals surface area contributed by atoms with E-state index in [2.05, 4.69) is 10.2 Å². The predicted molar refractivity (Wildman–Crippen MR) is 99.7 cm³/mol. The van der Waals surface area contributed by atoms with Crippen molar-refractivity contribution in [3.63, 3.8) is 0 Å². The summed E-state index contributed by atoms with van der Waals surface area (Å²) in [6.45, 7) is 1.12. The molecule has 0 aliphatic heterocycles. The molecule has 29 heavy (non-hydrogen) atoms. The number of ether oxygens (including phenoxy) is 1. The van der Waals surface area contributed by atoms with Crippen LogP contribution in [0, 0.1) is 10.1 Å². The second-order valence-electron chi connectivity index (χ2n) is 5.78. The molecule has 0 saturated carbocycles. The molecule has 0 fully saturated rings. The van der Waals surface area contributed by atoms with Crippen LogP contribution in [0.5, 0.6) is 0 Å². The number of carbonyl (C=O) groups is 1. The van der Waals surface area contributed by atoms with Crippen LogP contribution in [0.15, 0.2) is 57.8 Å². The fraction of sp³-hybridized carbons (Fsp3) is 0.167. The molecule has 0 saturated heterocycles. The summed E-state index contributed by atoms with van der Waals surface area (Å²) in [6, 6.07) is 11.3. The number of aromatic nitrogens is 2. The SMILES string of the molecule is CCS(=O)(=O)c1ccccc1C(=O)OCc1nnc(-c2ccc([N+](=O)[O-])cc2)o1. The molecule has 0 N–H and O–H groups in total. The molecule has 0 unspecified atom stereocenters. The lowest BCUT2D eigenvalue weighted by Crippen LogP contribution is -2.13. The number of nitro benzene ring substituents is 1. The normalized spacial score (nSPS) is 11.2. The molecule has 0 bridgehead atoms. The van der Waals surface area contributed by atoms with Crippen LogP contribution in [0.2, 0.25) is 0 Å². The van der Waals surface area contributed by atoms with Gasteiger partial charge in [0, 0.05) is 17.7 Å². The van der Waals surface area contributed by atoms with Gasteiger partial charge in [0.05, 0.1) is 21.1 Å². The van der Waals surface area contributed by atoms with Gasteiger partial charge in [0.15, 0.2) is 16.4 Å². The van der Waals surface area contributed by atoms with E-state index in [1.807, 2.05) is 0 Å². The number of rotatable bonds is 7. The van der Waals surface area contributed by atoms with Crippen molar-refractivity contribution >= 4 is 21.5 Å². The van der Waals surface area contributed by atoms with E-state index in [1.54, 1.807) is 0 Å². The average Bonchev–Trinajstić information content (AvgIpc) is 3.21. The van der Waals surface area contributed by atoms with E-state index in [0.717, 1.165) is 0 Å². The Balaban J connectivity index is 1.72. The minimum atomic E-state index is -3.60. The molecule has 0 aliphatic carbocycles. The fourth-order valence-electron chi connectivity index (χ4n) is 2.42. The van der Waals surface area contributed by atoms with Gasteiger partial charge >= 0.3 is 5.97 Å². The van der Waals surface area contributed by atoms with Gasteiger partial charge in [-0.05, 0) is 24.3 Å². The molecule has 1 aromatic heterocycles. The number of hydrogen-bond acceptors (Lipinski definition) is 9. The van der Waals surface area contributed by atoms with Gasteiger partial charge in [0.25, 0.3) is 11.6 Å². The molecule has 0 amide bonds. The number of carbonyl (C=O) groups excluding carboxylic acids is 1. The Hall–Kier alpha value is -3.60. The summed E-state index contributed by atoms with van der Waals surface area (Å²) in [6.07, 6.45) is 0. The van der Waals surface area contributed by atoms with Gasteiger partial charge in [-0.1, -0.05) is 19.1 Å². The first-order valence-corrected chi connectivity index (χ1v) is 10.0. The Bertz CT molecular complexity index is 1150. The van der Waals surface area contributed by atoms with Gasteiger partial charge in [-0.2, -0.15) is 0 Å². The van der Waals surface area contributed by atoms with E-state index in [4.69, 9.17) is 9.15 Å². The van der Waals surface area contributed by atoms with Crippen LogP contribution in [0.1, 0.15) is 23.2 Å².